The number of methoxy groups -OCH3 is 2. The highest BCUT2D eigenvalue weighted by Crippen LogP contribution is 2.39. The Morgan fingerprint density at radius 2 is 1.33 bits per heavy atom. The summed E-state index contributed by atoms with van der Waals surface area (Å²) in [6.45, 7) is 8.33. The predicted octanol–water partition coefficient (Wildman–Crippen LogP) is 5.72. The molecular weight excluding hydrogens is 334 g/mol. The van der Waals surface area contributed by atoms with Gasteiger partial charge in [0.15, 0.2) is 0 Å². The lowest BCUT2D eigenvalue weighted by molar-refractivity contribution is 0.411. The van der Waals surface area contributed by atoms with E-state index in [1.165, 1.54) is 5.56 Å². The zero-order valence-electron chi connectivity index (χ0n) is 16.9. The van der Waals surface area contributed by atoms with E-state index in [2.05, 4.69) is 56.2 Å². The van der Waals surface area contributed by atoms with Crippen molar-refractivity contribution in [3.05, 3.63) is 65.0 Å². The highest BCUT2D eigenvalue weighted by Gasteiger charge is 2.17. The van der Waals surface area contributed by atoms with Gasteiger partial charge in [0.25, 0.3) is 0 Å². The standard InChI is InChI=1S/C24H26NO2/c1-7-18-14-25-17(4)23(19-8-10-21(26-5)15(2)12-19)24(18)20-9-11-22(27-6)16(3)13-20/h8-13H,7H2,1-6H3. The highest BCUT2D eigenvalue weighted by molar-refractivity contribution is 5.87. The summed E-state index contributed by atoms with van der Waals surface area (Å²) in [4.78, 5) is 4.56. The minimum atomic E-state index is 0.871. The zero-order valence-corrected chi connectivity index (χ0v) is 16.9. The van der Waals surface area contributed by atoms with Crippen LogP contribution >= 0.6 is 0 Å². The van der Waals surface area contributed by atoms with Gasteiger partial charge >= 0.3 is 0 Å². The molecule has 0 spiro atoms. The van der Waals surface area contributed by atoms with Gasteiger partial charge < -0.3 is 9.47 Å². The fraction of sp³-hybridized carbons (Fsp3) is 0.292. The maximum absolute atomic E-state index is 5.44. The molecule has 0 saturated heterocycles. The molecule has 27 heavy (non-hydrogen) atoms. The predicted molar refractivity (Wildman–Crippen MR) is 111 cm³/mol. The van der Waals surface area contributed by atoms with Crippen molar-refractivity contribution in [2.24, 2.45) is 0 Å². The number of benzene rings is 2. The number of nitrogens with zero attached hydrogens (tertiary/aromatic N) is 1. The van der Waals surface area contributed by atoms with Gasteiger partial charge in [-0.25, -0.2) is 0 Å². The number of rotatable bonds is 5. The second kappa shape index (κ2) is 7.83. The van der Waals surface area contributed by atoms with Crippen LogP contribution in [-0.4, -0.2) is 19.2 Å². The third kappa shape index (κ3) is 3.55. The van der Waals surface area contributed by atoms with Crippen LogP contribution < -0.4 is 9.47 Å². The van der Waals surface area contributed by atoms with Gasteiger partial charge in [0, 0.05) is 11.3 Å². The fourth-order valence-electron chi connectivity index (χ4n) is 3.59. The van der Waals surface area contributed by atoms with Crippen molar-refractivity contribution in [1.82, 2.24) is 4.98 Å². The summed E-state index contributed by atoms with van der Waals surface area (Å²) in [6.07, 6.45) is 4.11. The lowest BCUT2D eigenvalue weighted by atomic mass is 9.88. The van der Waals surface area contributed by atoms with E-state index >= 15 is 0 Å². The topological polar surface area (TPSA) is 31.4 Å². The van der Waals surface area contributed by atoms with Crippen LogP contribution in [0, 0.1) is 27.0 Å². The summed E-state index contributed by atoms with van der Waals surface area (Å²) < 4.78 is 10.9. The SMILES string of the molecule is CCc1[c]nc(C)c(-c2ccc(OC)c(C)c2)c1-c1ccc(OC)c(C)c1. The van der Waals surface area contributed by atoms with Gasteiger partial charge in [-0.2, -0.15) is 0 Å². The van der Waals surface area contributed by atoms with Gasteiger partial charge in [0.2, 0.25) is 0 Å². The molecule has 0 amide bonds. The molecule has 0 aliphatic carbocycles. The molecule has 3 aromatic rings. The van der Waals surface area contributed by atoms with Crippen LogP contribution in [0.4, 0.5) is 0 Å². The molecule has 0 atom stereocenters. The smallest absolute Gasteiger partial charge is 0.121 e. The van der Waals surface area contributed by atoms with Crippen molar-refractivity contribution in [2.75, 3.05) is 14.2 Å². The van der Waals surface area contributed by atoms with Crippen molar-refractivity contribution >= 4 is 0 Å². The van der Waals surface area contributed by atoms with Crippen LogP contribution in [0.3, 0.4) is 0 Å². The molecule has 0 N–H and O–H groups in total. The van der Waals surface area contributed by atoms with E-state index in [4.69, 9.17) is 9.47 Å². The Morgan fingerprint density at radius 1 is 0.815 bits per heavy atom. The quantitative estimate of drug-likeness (QED) is 0.583. The molecule has 1 heterocycles. The van der Waals surface area contributed by atoms with Crippen molar-refractivity contribution in [2.45, 2.75) is 34.1 Å². The second-order valence-corrected chi connectivity index (χ2v) is 6.76. The maximum atomic E-state index is 5.44. The number of hydrogen-bond donors (Lipinski definition) is 0. The molecule has 1 radical (unpaired) electrons. The highest BCUT2D eigenvalue weighted by atomic mass is 16.5. The van der Waals surface area contributed by atoms with Gasteiger partial charge in [-0.1, -0.05) is 19.1 Å². The monoisotopic (exact) mass is 360 g/mol. The zero-order chi connectivity index (χ0) is 19.6. The van der Waals surface area contributed by atoms with Crippen LogP contribution in [0.2, 0.25) is 0 Å². The van der Waals surface area contributed by atoms with E-state index in [1.807, 2.05) is 19.1 Å². The molecular formula is C24H26NO2. The van der Waals surface area contributed by atoms with Gasteiger partial charge in [-0.05, 0) is 84.8 Å². The molecule has 0 aliphatic heterocycles. The van der Waals surface area contributed by atoms with E-state index in [-0.39, 0.29) is 0 Å². The fourth-order valence-corrected chi connectivity index (χ4v) is 3.59. The Bertz CT molecular complexity index is 976. The van der Waals surface area contributed by atoms with E-state index in [0.717, 1.165) is 57.0 Å². The Hall–Kier alpha value is -2.81. The lowest BCUT2D eigenvalue weighted by Crippen LogP contribution is -2.00. The average molecular weight is 360 g/mol. The second-order valence-electron chi connectivity index (χ2n) is 6.76. The number of ether oxygens (including phenoxy) is 2. The molecule has 139 valence electrons. The largest absolute Gasteiger partial charge is 0.496 e. The van der Waals surface area contributed by atoms with Crippen molar-refractivity contribution < 1.29 is 9.47 Å². The lowest BCUT2D eigenvalue weighted by Gasteiger charge is -2.18. The van der Waals surface area contributed by atoms with Crippen LogP contribution in [-0.2, 0) is 6.42 Å². The minimum absolute atomic E-state index is 0.871. The number of aromatic nitrogens is 1. The van der Waals surface area contributed by atoms with Gasteiger partial charge in [-0.3, -0.25) is 4.98 Å². The Morgan fingerprint density at radius 3 is 1.78 bits per heavy atom. The summed E-state index contributed by atoms with van der Waals surface area (Å²) in [6, 6.07) is 12.6. The van der Waals surface area contributed by atoms with Crippen LogP contribution in [0.25, 0.3) is 22.3 Å². The summed E-state index contributed by atoms with van der Waals surface area (Å²) in [7, 11) is 3.41. The summed E-state index contributed by atoms with van der Waals surface area (Å²) in [5, 5.41) is 0. The number of pyridine rings is 1. The summed E-state index contributed by atoms with van der Waals surface area (Å²) in [5.74, 6) is 1.79. The average Bonchev–Trinajstić information content (AvgIpc) is 2.67. The van der Waals surface area contributed by atoms with Crippen LogP contribution in [0.15, 0.2) is 36.4 Å². The van der Waals surface area contributed by atoms with Crippen molar-refractivity contribution in [3.8, 4) is 33.8 Å². The van der Waals surface area contributed by atoms with E-state index < -0.39 is 0 Å². The normalized spacial score (nSPS) is 10.7. The van der Waals surface area contributed by atoms with Crippen molar-refractivity contribution in [1.29, 1.82) is 0 Å². The molecule has 3 heteroatoms. The first-order valence-electron chi connectivity index (χ1n) is 9.21. The Labute approximate surface area is 162 Å². The number of aryl methyl sites for hydroxylation is 4. The maximum Gasteiger partial charge on any atom is 0.121 e. The van der Waals surface area contributed by atoms with E-state index in [0.29, 0.717) is 0 Å². The molecule has 3 rings (SSSR count). The van der Waals surface area contributed by atoms with Crippen LogP contribution in [0.5, 0.6) is 11.5 Å². The Kier molecular flexibility index (Phi) is 5.50. The van der Waals surface area contributed by atoms with Gasteiger partial charge in [0.05, 0.1) is 20.4 Å². The third-order valence-electron chi connectivity index (χ3n) is 4.99. The first-order valence-corrected chi connectivity index (χ1v) is 9.21. The summed E-state index contributed by atoms with van der Waals surface area (Å²) in [5.41, 5.74) is 8.97. The van der Waals surface area contributed by atoms with E-state index in [9.17, 15) is 0 Å². The molecule has 2 aromatic carbocycles. The van der Waals surface area contributed by atoms with Gasteiger partial charge in [-0.15, -0.1) is 0 Å². The first-order chi connectivity index (χ1) is 13.0. The molecule has 0 saturated carbocycles. The Balaban J connectivity index is 2.29. The van der Waals surface area contributed by atoms with Crippen LogP contribution in [0.1, 0.15) is 29.3 Å². The summed E-state index contributed by atoms with van der Waals surface area (Å²) >= 11 is 0. The molecule has 0 unspecified atom stereocenters. The molecule has 0 fully saturated rings. The molecule has 1 aromatic heterocycles. The van der Waals surface area contributed by atoms with E-state index in [1.54, 1.807) is 14.2 Å². The third-order valence-corrected chi connectivity index (χ3v) is 4.99. The van der Waals surface area contributed by atoms with Gasteiger partial charge in [0.1, 0.15) is 11.5 Å². The first kappa shape index (κ1) is 19.0. The minimum Gasteiger partial charge on any atom is -0.496 e. The van der Waals surface area contributed by atoms with Crippen molar-refractivity contribution in [3.63, 3.8) is 0 Å². The molecule has 3 nitrogen and oxygen atoms in total. The molecule has 0 aliphatic rings. The molecule has 0 bridgehead atoms. The number of hydrogen-bond acceptors (Lipinski definition) is 3.